The summed E-state index contributed by atoms with van der Waals surface area (Å²) in [5, 5.41) is 12.1. The molecule has 2 N–H and O–H groups in total. The van der Waals surface area contributed by atoms with Gasteiger partial charge in [0.2, 0.25) is 0 Å². The molecule has 0 spiro atoms. The van der Waals surface area contributed by atoms with Gasteiger partial charge in [-0.2, -0.15) is 0 Å². The number of fused-ring (bicyclic) bond motifs is 1. The highest BCUT2D eigenvalue weighted by atomic mass is 16.4. The fourth-order valence-corrected chi connectivity index (χ4v) is 1.96. The molecule has 2 aromatic rings. The van der Waals surface area contributed by atoms with Crippen LogP contribution in [0.3, 0.4) is 0 Å². The molecule has 2 rings (SSSR count). The zero-order chi connectivity index (χ0) is 14.0. The average molecular weight is 262 g/mol. The van der Waals surface area contributed by atoms with E-state index in [1.54, 1.807) is 0 Å². The first-order valence-electron chi connectivity index (χ1n) is 6.19. The number of carbonyl (C=O) groups is 1. The van der Waals surface area contributed by atoms with E-state index in [9.17, 15) is 4.79 Å². The summed E-state index contributed by atoms with van der Waals surface area (Å²) in [7, 11) is 0. The van der Waals surface area contributed by atoms with Gasteiger partial charge in [0.05, 0.1) is 6.42 Å². The minimum absolute atomic E-state index is 0.129. The Morgan fingerprint density at radius 3 is 2.89 bits per heavy atom. The highest BCUT2D eigenvalue weighted by Gasteiger charge is 2.21. The van der Waals surface area contributed by atoms with Crippen LogP contribution in [-0.2, 0) is 4.79 Å². The van der Waals surface area contributed by atoms with Gasteiger partial charge in [-0.3, -0.25) is 4.79 Å². The normalized spacial score (nSPS) is 11.7. The minimum Gasteiger partial charge on any atom is -0.481 e. The van der Waals surface area contributed by atoms with Crippen LogP contribution in [0.4, 0.5) is 5.69 Å². The second-order valence-electron chi connectivity index (χ2n) is 5.50. The highest BCUT2D eigenvalue weighted by molar-refractivity contribution is 5.77. The molecule has 0 atom stereocenters. The Labute approximate surface area is 111 Å². The van der Waals surface area contributed by atoms with Crippen molar-refractivity contribution in [2.45, 2.75) is 27.2 Å². The van der Waals surface area contributed by atoms with E-state index in [0.29, 0.717) is 12.4 Å². The van der Waals surface area contributed by atoms with Gasteiger partial charge >= 0.3 is 5.97 Å². The Hall–Kier alpha value is -2.04. The zero-order valence-electron chi connectivity index (χ0n) is 11.4. The van der Waals surface area contributed by atoms with E-state index in [1.807, 2.05) is 39.0 Å². The fourth-order valence-electron chi connectivity index (χ4n) is 1.96. The number of anilines is 1. The summed E-state index contributed by atoms with van der Waals surface area (Å²) in [6, 6.07) is 5.69. The molecular formula is C14H18N2O3. The van der Waals surface area contributed by atoms with Crippen molar-refractivity contribution >= 4 is 22.8 Å². The van der Waals surface area contributed by atoms with Crippen molar-refractivity contribution in [2.75, 3.05) is 11.9 Å². The zero-order valence-corrected chi connectivity index (χ0v) is 11.4. The summed E-state index contributed by atoms with van der Waals surface area (Å²) >= 11 is 0. The van der Waals surface area contributed by atoms with Crippen LogP contribution in [-0.4, -0.2) is 22.6 Å². The van der Waals surface area contributed by atoms with Crippen molar-refractivity contribution < 1.29 is 14.3 Å². The monoisotopic (exact) mass is 262 g/mol. The summed E-state index contributed by atoms with van der Waals surface area (Å²) in [5.41, 5.74) is 2.16. The first kappa shape index (κ1) is 13.4. The third-order valence-electron chi connectivity index (χ3n) is 2.90. The van der Waals surface area contributed by atoms with Gasteiger partial charge in [-0.15, -0.1) is 0 Å². The quantitative estimate of drug-likeness (QED) is 0.866. The van der Waals surface area contributed by atoms with Crippen molar-refractivity contribution in [2.24, 2.45) is 5.41 Å². The van der Waals surface area contributed by atoms with Crippen LogP contribution in [0, 0.1) is 12.3 Å². The molecule has 0 radical (unpaired) electrons. The van der Waals surface area contributed by atoms with Crippen LogP contribution in [0.2, 0.25) is 0 Å². The lowest BCUT2D eigenvalue weighted by Crippen LogP contribution is -2.26. The first-order valence-corrected chi connectivity index (χ1v) is 6.19. The van der Waals surface area contributed by atoms with E-state index < -0.39 is 5.97 Å². The van der Waals surface area contributed by atoms with Crippen molar-refractivity contribution in [3.8, 4) is 0 Å². The topological polar surface area (TPSA) is 75.4 Å². The fraction of sp³-hybridized carbons (Fsp3) is 0.429. The molecule has 0 amide bonds. The molecule has 0 aliphatic carbocycles. The average Bonchev–Trinajstić information content (AvgIpc) is 2.64. The van der Waals surface area contributed by atoms with Crippen molar-refractivity contribution in [3.05, 3.63) is 24.1 Å². The van der Waals surface area contributed by atoms with Crippen molar-refractivity contribution in [1.82, 2.24) is 4.98 Å². The van der Waals surface area contributed by atoms with Gasteiger partial charge in [0.1, 0.15) is 5.52 Å². The number of aliphatic carboxylic acids is 1. The number of carboxylic acid groups (broad SMARTS) is 1. The van der Waals surface area contributed by atoms with Gasteiger partial charge in [-0.05, 0) is 17.5 Å². The first-order chi connectivity index (χ1) is 8.85. The lowest BCUT2D eigenvalue weighted by molar-refractivity contribution is -0.139. The number of nitrogens with zero attached hydrogens (tertiary/aromatic N) is 1. The van der Waals surface area contributed by atoms with Crippen LogP contribution in [0.1, 0.15) is 26.2 Å². The molecule has 5 nitrogen and oxygen atoms in total. The van der Waals surface area contributed by atoms with Crippen LogP contribution >= 0.6 is 0 Å². The molecular weight excluding hydrogens is 244 g/mol. The largest absolute Gasteiger partial charge is 0.481 e. The summed E-state index contributed by atoms with van der Waals surface area (Å²) in [6.45, 7) is 6.23. The smallest absolute Gasteiger partial charge is 0.303 e. The summed E-state index contributed by atoms with van der Waals surface area (Å²) in [6.07, 6.45) is 0.129. The Kier molecular flexibility index (Phi) is 3.46. The maximum absolute atomic E-state index is 10.8. The molecule has 0 aliphatic rings. The maximum Gasteiger partial charge on any atom is 0.303 e. The predicted octanol–water partition coefficient (Wildman–Crippen LogP) is 3.05. The molecule has 19 heavy (non-hydrogen) atoms. The van der Waals surface area contributed by atoms with Gasteiger partial charge < -0.3 is 14.8 Å². The van der Waals surface area contributed by atoms with Crippen LogP contribution < -0.4 is 5.32 Å². The number of benzene rings is 1. The third-order valence-corrected chi connectivity index (χ3v) is 2.90. The van der Waals surface area contributed by atoms with E-state index >= 15 is 0 Å². The molecule has 1 aromatic carbocycles. The summed E-state index contributed by atoms with van der Waals surface area (Å²) in [5.74, 6) is -0.147. The Balaban J connectivity index is 2.07. The van der Waals surface area contributed by atoms with Crippen molar-refractivity contribution in [1.29, 1.82) is 0 Å². The molecule has 5 heteroatoms. The molecule has 0 unspecified atom stereocenters. The number of aryl methyl sites for hydroxylation is 1. The molecule has 0 fully saturated rings. The van der Waals surface area contributed by atoms with Crippen LogP contribution in [0.5, 0.6) is 0 Å². The molecule has 1 aromatic heterocycles. The second-order valence-corrected chi connectivity index (χ2v) is 5.50. The Bertz CT molecular complexity index is 602. The van der Waals surface area contributed by atoms with Crippen LogP contribution in [0.25, 0.3) is 11.1 Å². The van der Waals surface area contributed by atoms with Gasteiger partial charge in [-0.1, -0.05) is 13.8 Å². The Morgan fingerprint density at radius 2 is 2.21 bits per heavy atom. The van der Waals surface area contributed by atoms with Gasteiger partial charge in [-0.25, -0.2) is 4.98 Å². The van der Waals surface area contributed by atoms with Gasteiger partial charge in [0.25, 0.3) is 0 Å². The van der Waals surface area contributed by atoms with Gasteiger partial charge in [0.15, 0.2) is 11.5 Å². The second kappa shape index (κ2) is 4.91. The maximum atomic E-state index is 10.8. The van der Waals surface area contributed by atoms with E-state index in [-0.39, 0.29) is 11.8 Å². The van der Waals surface area contributed by atoms with E-state index in [2.05, 4.69) is 10.3 Å². The van der Waals surface area contributed by atoms with E-state index in [0.717, 1.165) is 16.8 Å². The number of carboxylic acids is 1. The molecule has 0 aliphatic heterocycles. The number of rotatable bonds is 5. The van der Waals surface area contributed by atoms with E-state index in [1.165, 1.54) is 0 Å². The molecule has 102 valence electrons. The summed E-state index contributed by atoms with van der Waals surface area (Å²) in [4.78, 5) is 15.0. The number of hydrogen-bond donors (Lipinski definition) is 2. The van der Waals surface area contributed by atoms with Crippen LogP contribution in [0.15, 0.2) is 22.6 Å². The molecule has 1 heterocycles. The molecule has 0 saturated heterocycles. The highest BCUT2D eigenvalue weighted by Crippen LogP contribution is 2.23. The predicted molar refractivity (Wildman–Crippen MR) is 73.3 cm³/mol. The number of hydrogen-bond acceptors (Lipinski definition) is 4. The molecule has 0 saturated carbocycles. The standard InChI is InChI=1S/C14H18N2O3/c1-9-16-11-5-4-10(6-12(11)19-9)15-8-14(2,3)7-13(17)18/h4-6,15H,7-8H2,1-3H3,(H,17,18). The van der Waals surface area contributed by atoms with Crippen molar-refractivity contribution in [3.63, 3.8) is 0 Å². The minimum atomic E-state index is -0.784. The SMILES string of the molecule is Cc1nc2ccc(NCC(C)(C)CC(=O)O)cc2o1. The third kappa shape index (κ3) is 3.47. The lowest BCUT2D eigenvalue weighted by Gasteiger charge is -2.23. The molecule has 0 bridgehead atoms. The summed E-state index contributed by atoms with van der Waals surface area (Å²) < 4.78 is 5.46. The van der Waals surface area contributed by atoms with E-state index in [4.69, 9.17) is 9.52 Å². The lowest BCUT2D eigenvalue weighted by atomic mass is 9.89. The van der Waals surface area contributed by atoms with Gasteiger partial charge in [0, 0.05) is 25.2 Å². The number of oxazole rings is 1. The number of nitrogens with one attached hydrogen (secondary N) is 1. The Morgan fingerprint density at radius 1 is 1.47 bits per heavy atom. The number of aromatic nitrogens is 1.